The third-order valence-electron chi connectivity index (χ3n) is 6.62. The molecule has 0 heterocycles. The van der Waals surface area contributed by atoms with Gasteiger partial charge < -0.3 is 47.3 Å². The van der Waals surface area contributed by atoms with E-state index in [4.69, 9.17) is 20.9 Å². The summed E-state index contributed by atoms with van der Waals surface area (Å²) in [6.45, 7) is 1.41. The van der Waals surface area contributed by atoms with E-state index >= 15 is 0 Å². The number of methoxy groups -OCH3 is 1. The van der Waals surface area contributed by atoms with Crippen LogP contribution in [0.2, 0.25) is 0 Å². The van der Waals surface area contributed by atoms with Crippen LogP contribution in [0.3, 0.4) is 0 Å². The first-order valence-corrected chi connectivity index (χ1v) is 14.7. The number of alkyl carbamates (subject to hydrolysis) is 1. The van der Waals surface area contributed by atoms with Crippen molar-refractivity contribution in [2.45, 2.75) is 63.4 Å². The summed E-state index contributed by atoms with van der Waals surface area (Å²) in [7, 11) is 1.14. The first-order chi connectivity index (χ1) is 22.4. The summed E-state index contributed by atoms with van der Waals surface area (Å²) < 4.78 is 9.99. The topological polar surface area (TPSA) is 254 Å². The molecule has 0 fully saturated rings. The van der Waals surface area contributed by atoms with Crippen molar-refractivity contribution < 1.29 is 43.3 Å². The number of ether oxygens (including phenoxy) is 2. The molecular formula is C31H41N7O9. The molecule has 2 rings (SSSR count). The lowest BCUT2D eigenvalue weighted by Gasteiger charge is -2.24. The molecule has 16 nitrogen and oxygen atoms in total. The highest BCUT2D eigenvalue weighted by molar-refractivity contribution is 5.96. The Kier molecular flexibility index (Phi) is 15.7. The summed E-state index contributed by atoms with van der Waals surface area (Å²) in [5.41, 5.74) is 12.1. The fourth-order valence-electron chi connectivity index (χ4n) is 4.20. The van der Waals surface area contributed by atoms with Crippen LogP contribution in [0.25, 0.3) is 0 Å². The average Bonchev–Trinajstić information content (AvgIpc) is 3.04. The van der Waals surface area contributed by atoms with E-state index in [-0.39, 0.29) is 38.4 Å². The van der Waals surface area contributed by atoms with E-state index in [0.717, 1.165) is 12.7 Å². The molecular weight excluding hydrogens is 614 g/mol. The number of hydrogen-bond acceptors (Lipinski definition) is 9. The van der Waals surface area contributed by atoms with Crippen molar-refractivity contribution in [3.8, 4) is 0 Å². The Labute approximate surface area is 271 Å². The van der Waals surface area contributed by atoms with Gasteiger partial charge in [-0.25, -0.2) is 9.59 Å². The van der Waals surface area contributed by atoms with E-state index in [1.807, 2.05) is 0 Å². The molecule has 0 unspecified atom stereocenters. The number of carboxylic acids is 1. The van der Waals surface area contributed by atoms with Crippen LogP contribution in [-0.4, -0.2) is 84.6 Å². The van der Waals surface area contributed by atoms with Gasteiger partial charge in [0.25, 0.3) is 0 Å². The maximum Gasteiger partial charge on any atom is 0.408 e. The second-order valence-corrected chi connectivity index (χ2v) is 10.4. The van der Waals surface area contributed by atoms with Crippen LogP contribution in [-0.2, 0) is 46.5 Å². The van der Waals surface area contributed by atoms with E-state index in [9.17, 15) is 33.9 Å². The number of nitrogens with one attached hydrogen (secondary N) is 4. The molecule has 9 N–H and O–H groups in total. The SMILES string of the molecule is COC(=O)[C@H](Cc1ccccc1)NC(=O)[C@H](CC(=O)O)NC(=O)[C@H](C)NC(=O)[C@H](CCCN=C(N)N)NC(=O)OCc1ccccc1. The van der Waals surface area contributed by atoms with Crippen LogP contribution in [0.4, 0.5) is 4.79 Å². The van der Waals surface area contributed by atoms with Gasteiger partial charge in [0.2, 0.25) is 17.7 Å². The molecule has 0 saturated carbocycles. The number of carbonyl (C=O) groups excluding carboxylic acids is 5. The molecule has 0 saturated heterocycles. The molecule has 2 aromatic rings. The standard InChI is InChI=1S/C31H41N7O9/c1-19(35-27(42)22(14-9-15-34-30(32)33)38-31(45)47-18-21-12-7-4-8-13-21)26(41)36-23(17-25(39)40)28(43)37-24(29(44)46-2)16-20-10-5-3-6-11-20/h3-8,10-13,19,22-24H,9,14-18H2,1-2H3,(H,35,42)(H,36,41)(H,37,43)(H,38,45)(H,39,40)(H4,32,33,34)/t19-,22-,23-,24-/m0/s1. The van der Waals surface area contributed by atoms with Crippen LogP contribution < -0.4 is 32.7 Å². The van der Waals surface area contributed by atoms with Gasteiger partial charge in [-0.2, -0.15) is 0 Å². The summed E-state index contributed by atoms with van der Waals surface area (Å²) in [4.78, 5) is 79.5. The molecule has 47 heavy (non-hydrogen) atoms. The van der Waals surface area contributed by atoms with Crippen LogP contribution in [0.5, 0.6) is 0 Å². The van der Waals surface area contributed by atoms with Crippen molar-refractivity contribution >= 4 is 41.7 Å². The van der Waals surface area contributed by atoms with Crippen LogP contribution in [0, 0.1) is 0 Å². The van der Waals surface area contributed by atoms with Gasteiger partial charge in [0.1, 0.15) is 30.8 Å². The minimum Gasteiger partial charge on any atom is -0.481 e. The number of esters is 1. The Bertz CT molecular complexity index is 1390. The Balaban J connectivity index is 2.08. The molecule has 0 spiro atoms. The lowest BCUT2D eigenvalue weighted by molar-refractivity contribution is -0.146. The molecule has 4 atom stereocenters. The van der Waals surface area contributed by atoms with Gasteiger partial charge in [-0.3, -0.25) is 24.2 Å². The Morgan fingerprint density at radius 3 is 1.94 bits per heavy atom. The first kappa shape index (κ1) is 37.5. The van der Waals surface area contributed by atoms with Gasteiger partial charge in [-0.15, -0.1) is 0 Å². The van der Waals surface area contributed by atoms with E-state index in [1.54, 1.807) is 60.7 Å². The molecule has 4 amide bonds. The number of amides is 4. The van der Waals surface area contributed by atoms with Crippen molar-refractivity contribution in [3.05, 3.63) is 71.8 Å². The van der Waals surface area contributed by atoms with Crippen molar-refractivity contribution in [2.24, 2.45) is 16.5 Å². The van der Waals surface area contributed by atoms with Gasteiger partial charge >= 0.3 is 18.0 Å². The minimum atomic E-state index is -1.61. The number of nitrogens with two attached hydrogens (primary N) is 2. The van der Waals surface area contributed by atoms with Gasteiger partial charge in [-0.05, 0) is 30.9 Å². The molecule has 254 valence electrons. The van der Waals surface area contributed by atoms with Crippen LogP contribution in [0.15, 0.2) is 65.7 Å². The molecule has 0 aliphatic carbocycles. The number of aliphatic carboxylic acids is 1. The predicted octanol–water partition coefficient (Wildman–Crippen LogP) is -0.300. The van der Waals surface area contributed by atoms with Crippen molar-refractivity contribution in [1.82, 2.24) is 21.3 Å². The van der Waals surface area contributed by atoms with E-state index < -0.39 is 66.3 Å². The van der Waals surface area contributed by atoms with E-state index in [2.05, 4.69) is 26.3 Å². The third kappa shape index (κ3) is 14.3. The quantitative estimate of drug-likeness (QED) is 0.0475. The zero-order valence-electron chi connectivity index (χ0n) is 26.1. The smallest absolute Gasteiger partial charge is 0.408 e. The molecule has 0 aliphatic heterocycles. The number of carboxylic acid groups (broad SMARTS) is 1. The molecule has 0 radical (unpaired) electrons. The maximum absolute atomic E-state index is 13.1. The molecule has 0 bridgehead atoms. The lowest BCUT2D eigenvalue weighted by atomic mass is 10.0. The van der Waals surface area contributed by atoms with Crippen molar-refractivity contribution in [2.75, 3.05) is 13.7 Å². The zero-order valence-corrected chi connectivity index (χ0v) is 26.1. The molecule has 0 aliphatic rings. The largest absolute Gasteiger partial charge is 0.481 e. The van der Waals surface area contributed by atoms with Gasteiger partial charge in [-0.1, -0.05) is 60.7 Å². The second-order valence-electron chi connectivity index (χ2n) is 10.4. The third-order valence-corrected chi connectivity index (χ3v) is 6.62. The lowest BCUT2D eigenvalue weighted by Crippen LogP contribution is -2.57. The first-order valence-electron chi connectivity index (χ1n) is 14.7. The summed E-state index contributed by atoms with van der Waals surface area (Å²) in [5.74, 6) is -4.94. The number of rotatable bonds is 18. The predicted molar refractivity (Wildman–Crippen MR) is 169 cm³/mol. The summed E-state index contributed by atoms with van der Waals surface area (Å²) >= 11 is 0. The zero-order chi connectivity index (χ0) is 34.8. The Morgan fingerprint density at radius 1 is 0.787 bits per heavy atom. The highest BCUT2D eigenvalue weighted by atomic mass is 16.5. The highest BCUT2D eigenvalue weighted by Crippen LogP contribution is 2.07. The second kappa shape index (κ2) is 19.7. The van der Waals surface area contributed by atoms with Gasteiger partial charge in [0.15, 0.2) is 5.96 Å². The normalized spacial score (nSPS) is 13.0. The molecule has 0 aromatic heterocycles. The maximum atomic E-state index is 13.1. The molecule has 16 heteroatoms. The summed E-state index contributed by atoms with van der Waals surface area (Å²) in [6, 6.07) is 12.3. The number of carbonyl (C=O) groups is 6. The number of guanidine groups is 1. The average molecular weight is 656 g/mol. The summed E-state index contributed by atoms with van der Waals surface area (Å²) in [6.07, 6.45) is -1.31. The Morgan fingerprint density at radius 2 is 1.36 bits per heavy atom. The van der Waals surface area contributed by atoms with Crippen LogP contribution >= 0.6 is 0 Å². The fraction of sp³-hybridized carbons (Fsp3) is 0.387. The van der Waals surface area contributed by atoms with E-state index in [0.29, 0.717) is 5.56 Å². The number of hydrogen-bond donors (Lipinski definition) is 7. The van der Waals surface area contributed by atoms with E-state index in [1.165, 1.54) is 6.92 Å². The van der Waals surface area contributed by atoms with Crippen molar-refractivity contribution in [3.63, 3.8) is 0 Å². The minimum absolute atomic E-state index is 0.0464. The fourth-order valence-corrected chi connectivity index (χ4v) is 4.20. The van der Waals surface area contributed by atoms with Gasteiger partial charge in [0, 0.05) is 13.0 Å². The van der Waals surface area contributed by atoms with Gasteiger partial charge in [0.05, 0.1) is 13.5 Å². The Hall–Kier alpha value is -5.67. The number of benzene rings is 2. The van der Waals surface area contributed by atoms with Crippen molar-refractivity contribution in [1.29, 1.82) is 0 Å². The van der Waals surface area contributed by atoms with Crippen LogP contribution in [0.1, 0.15) is 37.3 Å². The highest BCUT2D eigenvalue weighted by Gasteiger charge is 2.31. The monoisotopic (exact) mass is 655 g/mol. The number of nitrogens with zero attached hydrogens (tertiary/aromatic N) is 1. The number of aliphatic imine (C=N–C) groups is 1. The summed E-state index contributed by atoms with van der Waals surface area (Å²) in [5, 5.41) is 19.0. The molecule has 2 aromatic carbocycles.